The van der Waals surface area contributed by atoms with Gasteiger partial charge in [-0.1, -0.05) is 6.07 Å². The summed E-state index contributed by atoms with van der Waals surface area (Å²) in [5, 5.41) is 0. The molecule has 2 N–H and O–H groups in total. The summed E-state index contributed by atoms with van der Waals surface area (Å²) in [5.74, 6) is -0.0779. The lowest BCUT2D eigenvalue weighted by Crippen LogP contribution is -2.16. The lowest BCUT2D eigenvalue weighted by atomic mass is 9.97. The highest BCUT2D eigenvalue weighted by Crippen LogP contribution is 2.34. The SMILES string of the molecule is COc1cccc(OC)c1C(N)Cc1cc(F)cc(F)c1. The maximum Gasteiger partial charge on any atom is 0.127 e. The van der Waals surface area contributed by atoms with Gasteiger partial charge in [0.25, 0.3) is 0 Å². The molecule has 0 heterocycles. The number of benzene rings is 2. The number of hydrogen-bond acceptors (Lipinski definition) is 3. The first-order valence-corrected chi connectivity index (χ1v) is 6.46. The van der Waals surface area contributed by atoms with Crippen LogP contribution in [0.2, 0.25) is 0 Å². The first-order valence-electron chi connectivity index (χ1n) is 6.46. The smallest absolute Gasteiger partial charge is 0.127 e. The number of rotatable bonds is 5. The van der Waals surface area contributed by atoms with E-state index in [1.165, 1.54) is 26.4 Å². The lowest BCUT2D eigenvalue weighted by molar-refractivity contribution is 0.378. The van der Waals surface area contributed by atoms with Gasteiger partial charge < -0.3 is 15.2 Å². The van der Waals surface area contributed by atoms with E-state index in [1.807, 2.05) is 0 Å². The highest BCUT2D eigenvalue weighted by Gasteiger charge is 2.18. The summed E-state index contributed by atoms with van der Waals surface area (Å²) in [6, 6.07) is 8.19. The molecule has 0 radical (unpaired) electrons. The summed E-state index contributed by atoms with van der Waals surface area (Å²) in [6.45, 7) is 0. The number of halogens is 2. The van der Waals surface area contributed by atoms with E-state index >= 15 is 0 Å². The van der Waals surface area contributed by atoms with Crippen LogP contribution in [0.25, 0.3) is 0 Å². The van der Waals surface area contributed by atoms with Gasteiger partial charge in [0.2, 0.25) is 0 Å². The minimum absolute atomic E-state index is 0.269. The van der Waals surface area contributed by atoms with Gasteiger partial charge in [-0.3, -0.25) is 0 Å². The van der Waals surface area contributed by atoms with Crippen LogP contribution in [0.4, 0.5) is 8.78 Å². The summed E-state index contributed by atoms with van der Waals surface area (Å²) >= 11 is 0. The molecule has 0 fully saturated rings. The minimum atomic E-state index is -0.621. The number of nitrogens with two attached hydrogens (primary N) is 1. The summed E-state index contributed by atoms with van der Waals surface area (Å²) in [7, 11) is 3.07. The molecule has 0 bridgehead atoms. The Hall–Kier alpha value is -2.14. The van der Waals surface area contributed by atoms with E-state index in [0.29, 0.717) is 22.6 Å². The van der Waals surface area contributed by atoms with E-state index in [-0.39, 0.29) is 6.42 Å². The Morgan fingerprint density at radius 3 is 2.00 bits per heavy atom. The Morgan fingerprint density at radius 2 is 1.52 bits per heavy atom. The van der Waals surface area contributed by atoms with Crippen molar-refractivity contribution in [2.75, 3.05) is 14.2 Å². The van der Waals surface area contributed by atoms with Gasteiger partial charge in [-0.15, -0.1) is 0 Å². The van der Waals surface area contributed by atoms with Crippen molar-refractivity contribution in [3.63, 3.8) is 0 Å². The molecule has 0 amide bonds. The fourth-order valence-corrected chi connectivity index (χ4v) is 2.33. The molecule has 0 aromatic heterocycles. The minimum Gasteiger partial charge on any atom is -0.496 e. The fourth-order valence-electron chi connectivity index (χ4n) is 2.33. The normalized spacial score (nSPS) is 12.0. The molecule has 0 spiro atoms. The van der Waals surface area contributed by atoms with Crippen molar-refractivity contribution < 1.29 is 18.3 Å². The second kappa shape index (κ2) is 6.54. The van der Waals surface area contributed by atoms with Gasteiger partial charge in [0.15, 0.2) is 0 Å². The lowest BCUT2D eigenvalue weighted by Gasteiger charge is -2.19. The van der Waals surface area contributed by atoms with Crippen LogP contribution in [0.3, 0.4) is 0 Å². The highest BCUT2D eigenvalue weighted by atomic mass is 19.1. The van der Waals surface area contributed by atoms with Crippen LogP contribution in [-0.4, -0.2) is 14.2 Å². The first-order chi connectivity index (χ1) is 10.0. The van der Waals surface area contributed by atoms with Crippen LogP contribution in [0.5, 0.6) is 11.5 Å². The third-order valence-electron chi connectivity index (χ3n) is 3.21. The Kier molecular flexibility index (Phi) is 4.75. The zero-order chi connectivity index (χ0) is 15.4. The molecule has 21 heavy (non-hydrogen) atoms. The fraction of sp³-hybridized carbons (Fsp3) is 0.250. The Bertz CT molecular complexity index is 589. The summed E-state index contributed by atoms with van der Waals surface area (Å²) in [5.41, 5.74) is 7.33. The predicted molar refractivity (Wildman–Crippen MR) is 76.5 cm³/mol. The monoisotopic (exact) mass is 293 g/mol. The molecule has 2 aromatic rings. The van der Waals surface area contributed by atoms with E-state index in [0.717, 1.165) is 6.07 Å². The van der Waals surface area contributed by atoms with Crippen molar-refractivity contribution in [2.24, 2.45) is 5.73 Å². The number of methoxy groups -OCH3 is 2. The average Bonchev–Trinajstić information content (AvgIpc) is 2.45. The van der Waals surface area contributed by atoms with Crippen molar-refractivity contribution in [3.05, 3.63) is 59.2 Å². The molecule has 0 aliphatic carbocycles. The molecule has 0 aliphatic heterocycles. The van der Waals surface area contributed by atoms with E-state index < -0.39 is 17.7 Å². The van der Waals surface area contributed by atoms with Crippen molar-refractivity contribution in [2.45, 2.75) is 12.5 Å². The summed E-state index contributed by atoms with van der Waals surface area (Å²) in [6.07, 6.45) is 0.269. The average molecular weight is 293 g/mol. The van der Waals surface area contributed by atoms with E-state index in [4.69, 9.17) is 15.2 Å². The van der Waals surface area contributed by atoms with Crippen molar-refractivity contribution in [1.82, 2.24) is 0 Å². The maximum absolute atomic E-state index is 13.2. The molecule has 0 saturated carbocycles. The van der Waals surface area contributed by atoms with Gasteiger partial charge >= 0.3 is 0 Å². The number of ether oxygens (including phenoxy) is 2. The van der Waals surface area contributed by atoms with Gasteiger partial charge in [-0.05, 0) is 36.2 Å². The zero-order valence-corrected chi connectivity index (χ0v) is 11.9. The van der Waals surface area contributed by atoms with Crippen LogP contribution < -0.4 is 15.2 Å². The largest absolute Gasteiger partial charge is 0.496 e. The molecule has 2 aromatic carbocycles. The second-order valence-electron chi connectivity index (χ2n) is 4.66. The van der Waals surface area contributed by atoms with Crippen LogP contribution in [0.1, 0.15) is 17.2 Å². The van der Waals surface area contributed by atoms with Gasteiger partial charge in [0.1, 0.15) is 23.1 Å². The van der Waals surface area contributed by atoms with Gasteiger partial charge in [0, 0.05) is 12.1 Å². The van der Waals surface area contributed by atoms with Gasteiger partial charge in [0.05, 0.1) is 19.8 Å². The molecule has 2 rings (SSSR count). The molecule has 0 aliphatic rings. The topological polar surface area (TPSA) is 44.5 Å². The summed E-state index contributed by atoms with van der Waals surface area (Å²) < 4.78 is 37.1. The van der Waals surface area contributed by atoms with Crippen LogP contribution in [0, 0.1) is 11.6 Å². The van der Waals surface area contributed by atoms with Gasteiger partial charge in [-0.2, -0.15) is 0 Å². The van der Waals surface area contributed by atoms with Crippen molar-refractivity contribution in [1.29, 1.82) is 0 Å². The first kappa shape index (κ1) is 15.3. The van der Waals surface area contributed by atoms with E-state index in [1.54, 1.807) is 18.2 Å². The van der Waals surface area contributed by atoms with Gasteiger partial charge in [-0.25, -0.2) is 8.78 Å². The predicted octanol–water partition coefficient (Wildman–Crippen LogP) is 3.22. The summed E-state index contributed by atoms with van der Waals surface area (Å²) in [4.78, 5) is 0. The number of hydrogen-bond donors (Lipinski definition) is 1. The second-order valence-corrected chi connectivity index (χ2v) is 4.66. The molecule has 1 atom stereocenters. The molecule has 1 unspecified atom stereocenters. The molecule has 0 saturated heterocycles. The van der Waals surface area contributed by atoms with Crippen LogP contribution in [0.15, 0.2) is 36.4 Å². The van der Waals surface area contributed by atoms with Crippen molar-refractivity contribution in [3.8, 4) is 11.5 Å². The van der Waals surface area contributed by atoms with Crippen LogP contribution >= 0.6 is 0 Å². The Labute approximate surface area is 122 Å². The van der Waals surface area contributed by atoms with E-state index in [9.17, 15) is 8.78 Å². The molecular weight excluding hydrogens is 276 g/mol. The highest BCUT2D eigenvalue weighted by molar-refractivity contribution is 5.47. The Balaban J connectivity index is 2.33. The maximum atomic E-state index is 13.2. The standard InChI is InChI=1S/C16H17F2NO2/c1-20-14-4-3-5-15(21-2)16(14)13(19)8-10-6-11(17)9-12(18)7-10/h3-7,9,13H,8,19H2,1-2H3. The third-order valence-corrected chi connectivity index (χ3v) is 3.21. The van der Waals surface area contributed by atoms with Crippen LogP contribution in [-0.2, 0) is 6.42 Å². The zero-order valence-electron chi connectivity index (χ0n) is 11.9. The molecule has 3 nitrogen and oxygen atoms in total. The quantitative estimate of drug-likeness (QED) is 0.920. The third kappa shape index (κ3) is 3.49. The van der Waals surface area contributed by atoms with Crippen molar-refractivity contribution >= 4 is 0 Å². The molecule has 5 heteroatoms. The molecule has 112 valence electrons. The van der Waals surface area contributed by atoms with E-state index in [2.05, 4.69) is 0 Å². The Morgan fingerprint density at radius 1 is 1.00 bits per heavy atom. The molecular formula is C16H17F2NO2.